The van der Waals surface area contributed by atoms with E-state index in [0.29, 0.717) is 18.9 Å². The molecular formula is C17H30N2O2. The van der Waals surface area contributed by atoms with Crippen LogP contribution in [0.1, 0.15) is 25.8 Å². The Kier molecular flexibility index (Phi) is 7.89. The van der Waals surface area contributed by atoms with Gasteiger partial charge in [0.25, 0.3) is 0 Å². The standard InChI is InChI=1S/C17H30N2O2/c1-15(2)13-19(11-12-21-3)10-9-17(20,14-18)16-7-5-4-6-8-16/h4-8,15,20H,9-14,18H2,1-3H3. The van der Waals surface area contributed by atoms with Crippen molar-refractivity contribution >= 4 is 0 Å². The summed E-state index contributed by atoms with van der Waals surface area (Å²) in [7, 11) is 1.72. The molecule has 1 aromatic carbocycles. The molecule has 0 spiro atoms. The molecule has 0 aromatic heterocycles. The van der Waals surface area contributed by atoms with E-state index in [0.717, 1.165) is 25.2 Å². The van der Waals surface area contributed by atoms with Crippen molar-refractivity contribution in [1.82, 2.24) is 4.90 Å². The third-order valence-corrected chi connectivity index (χ3v) is 3.73. The van der Waals surface area contributed by atoms with Gasteiger partial charge in [0.1, 0.15) is 5.60 Å². The largest absolute Gasteiger partial charge is 0.384 e. The molecule has 0 fully saturated rings. The van der Waals surface area contributed by atoms with E-state index in [2.05, 4.69) is 18.7 Å². The van der Waals surface area contributed by atoms with Gasteiger partial charge < -0.3 is 20.5 Å². The molecule has 120 valence electrons. The van der Waals surface area contributed by atoms with E-state index in [1.165, 1.54) is 0 Å². The molecule has 3 N–H and O–H groups in total. The van der Waals surface area contributed by atoms with Crippen LogP contribution in [0.5, 0.6) is 0 Å². The molecule has 0 amide bonds. The van der Waals surface area contributed by atoms with Crippen LogP contribution in [0.25, 0.3) is 0 Å². The summed E-state index contributed by atoms with van der Waals surface area (Å²) in [6, 6.07) is 9.70. The van der Waals surface area contributed by atoms with Crippen molar-refractivity contribution in [2.45, 2.75) is 25.9 Å². The first kappa shape index (κ1) is 18.1. The van der Waals surface area contributed by atoms with E-state index in [1.807, 2.05) is 30.3 Å². The summed E-state index contributed by atoms with van der Waals surface area (Å²) in [5, 5.41) is 10.8. The van der Waals surface area contributed by atoms with Crippen molar-refractivity contribution < 1.29 is 9.84 Å². The first-order chi connectivity index (χ1) is 10.0. The van der Waals surface area contributed by atoms with Crippen LogP contribution in [0.2, 0.25) is 0 Å². The van der Waals surface area contributed by atoms with Crippen molar-refractivity contribution in [3.63, 3.8) is 0 Å². The van der Waals surface area contributed by atoms with E-state index in [4.69, 9.17) is 10.5 Å². The maximum atomic E-state index is 10.8. The second-order valence-electron chi connectivity index (χ2n) is 6.04. The summed E-state index contributed by atoms with van der Waals surface area (Å²) < 4.78 is 5.17. The number of nitrogens with two attached hydrogens (primary N) is 1. The fourth-order valence-corrected chi connectivity index (χ4v) is 2.49. The molecule has 0 bridgehead atoms. The average Bonchev–Trinajstić information content (AvgIpc) is 2.50. The average molecular weight is 294 g/mol. The Labute approximate surface area is 128 Å². The molecule has 1 aromatic rings. The Morgan fingerprint density at radius 2 is 1.90 bits per heavy atom. The molecule has 0 radical (unpaired) electrons. The molecule has 21 heavy (non-hydrogen) atoms. The number of hydrogen-bond acceptors (Lipinski definition) is 4. The SMILES string of the molecule is COCCN(CCC(O)(CN)c1ccccc1)CC(C)C. The zero-order valence-electron chi connectivity index (χ0n) is 13.6. The molecule has 0 heterocycles. The monoisotopic (exact) mass is 294 g/mol. The number of aliphatic hydroxyl groups is 1. The van der Waals surface area contributed by atoms with Crippen molar-refractivity contribution in [2.75, 3.05) is 39.9 Å². The first-order valence-electron chi connectivity index (χ1n) is 7.71. The van der Waals surface area contributed by atoms with Gasteiger partial charge in [0, 0.05) is 33.3 Å². The summed E-state index contributed by atoms with van der Waals surface area (Å²) in [5.74, 6) is 0.588. The fourth-order valence-electron chi connectivity index (χ4n) is 2.49. The lowest BCUT2D eigenvalue weighted by Gasteiger charge is -2.31. The van der Waals surface area contributed by atoms with Gasteiger partial charge in [-0.3, -0.25) is 0 Å². The second-order valence-corrected chi connectivity index (χ2v) is 6.04. The second kappa shape index (κ2) is 9.15. The van der Waals surface area contributed by atoms with Crippen molar-refractivity contribution in [1.29, 1.82) is 0 Å². The minimum Gasteiger partial charge on any atom is -0.384 e. The predicted octanol–water partition coefficient (Wildman–Crippen LogP) is 1.83. The van der Waals surface area contributed by atoms with Gasteiger partial charge >= 0.3 is 0 Å². The number of methoxy groups -OCH3 is 1. The predicted molar refractivity (Wildman–Crippen MR) is 87.2 cm³/mol. The zero-order chi connectivity index (χ0) is 15.7. The molecule has 0 aliphatic carbocycles. The number of benzene rings is 1. The Bertz CT molecular complexity index is 384. The number of hydrogen-bond donors (Lipinski definition) is 2. The summed E-state index contributed by atoms with van der Waals surface area (Å²) in [5.41, 5.74) is 5.77. The number of rotatable bonds is 10. The zero-order valence-corrected chi connectivity index (χ0v) is 13.6. The molecule has 1 unspecified atom stereocenters. The minimum absolute atomic E-state index is 0.233. The van der Waals surface area contributed by atoms with Gasteiger partial charge in [-0.05, 0) is 17.9 Å². The van der Waals surface area contributed by atoms with Crippen LogP contribution in [-0.4, -0.2) is 49.9 Å². The van der Waals surface area contributed by atoms with Gasteiger partial charge in [-0.1, -0.05) is 44.2 Å². The maximum Gasteiger partial charge on any atom is 0.103 e. The maximum absolute atomic E-state index is 10.8. The minimum atomic E-state index is -0.955. The molecule has 0 saturated heterocycles. The summed E-state index contributed by atoms with van der Waals surface area (Å²) in [6.07, 6.45) is 0.629. The molecule has 0 aliphatic heterocycles. The van der Waals surface area contributed by atoms with Gasteiger partial charge in [0.15, 0.2) is 0 Å². The van der Waals surface area contributed by atoms with Crippen molar-refractivity contribution in [3.8, 4) is 0 Å². The summed E-state index contributed by atoms with van der Waals surface area (Å²) >= 11 is 0. The number of ether oxygens (including phenoxy) is 1. The van der Waals surface area contributed by atoms with Crippen LogP contribution >= 0.6 is 0 Å². The topological polar surface area (TPSA) is 58.7 Å². The van der Waals surface area contributed by atoms with Crippen LogP contribution in [0.15, 0.2) is 30.3 Å². The lowest BCUT2D eigenvalue weighted by atomic mass is 9.90. The van der Waals surface area contributed by atoms with Gasteiger partial charge in [-0.25, -0.2) is 0 Å². The lowest BCUT2D eigenvalue weighted by Crippen LogP contribution is -2.40. The Balaban J connectivity index is 2.66. The summed E-state index contributed by atoms with van der Waals surface area (Å²) in [4.78, 5) is 2.33. The van der Waals surface area contributed by atoms with Crippen LogP contribution in [0, 0.1) is 5.92 Å². The van der Waals surface area contributed by atoms with E-state index < -0.39 is 5.60 Å². The molecule has 4 heteroatoms. The van der Waals surface area contributed by atoms with Crippen molar-refractivity contribution in [3.05, 3.63) is 35.9 Å². The quantitative estimate of drug-likeness (QED) is 0.691. The van der Waals surface area contributed by atoms with Gasteiger partial charge in [0.2, 0.25) is 0 Å². The van der Waals surface area contributed by atoms with Crippen LogP contribution in [0.4, 0.5) is 0 Å². The Hall–Kier alpha value is -0.940. The highest BCUT2D eigenvalue weighted by molar-refractivity contribution is 5.22. The highest BCUT2D eigenvalue weighted by Crippen LogP contribution is 2.24. The van der Waals surface area contributed by atoms with E-state index in [1.54, 1.807) is 7.11 Å². The normalized spacial score (nSPS) is 14.6. The molecular weight excluding hydrogens is 264 g/mol. The van der Waals surface area contributed by atoms with Gasteiger partial charge in [-0.15, -0.1) is 0 Å². The third kappa shape index (κ3) is 6.14. The van der Waals surface area contributed by atoms with Crippen LogP contribution < -0.4 is 5.73 Å². The van der Waals surface area contributed by atoms with E-state index in [-0.39, 0.29) is 6.54 Å². The highest BCUT2D eigenvalue weighted by Gasteiger charge is 2.28. The summed E-state index contributed by atoms with van der Waals surface area (Å²) in [6.45, 7) is 8.03. The van der Waals surface area contributed by atoms with Gasteiger partial charge in [-0.2, -0.15) is 0 Å². The Morgan fingerprint density at radius 1 is 1.24 bits per heavy atom. The third-order valence-electron chi connectivity index (χ3n) is 3.73. The number of nitrogens with zero attached hydrogens (tertiary/aromatic N) is 1. The lowest BCUT2D eigenvalue weighted by molar-refractivity contribution is 0.0216. The molecule has 4 nitrogen and oxygen atoms in total. The molecule has 1 atom stereocenters. The smallest absolute Gasteiger partial charge is 0.103 e. The van der Waals surface area contributed by atoms with E-state index in [9.17, 15) is 5.11 Å². The van der Waals surface area contributed by atoms with Gasteiger partial charge in [0.05, 0.1) is 6.61 Å². The fraction of sp³-hybridized carbons (Fsp3) is 0.647. The van der Waals surface area contributed by atoms with Crippen LogP contribution in [0.3, 0.4) is 0 Å². The Morgan fingerprint density at radius 3 is 2.43 bits per heavy atom. The van der Waals surface area contributed by atoms with Crippen molar-refractivity contribution in [2.24, 2.45) is 11.7 Å². The highest BCUT2D eigenvalue weighted by atomic mass is 16.5. The van der Waals surface area contributed by atoms with Crippen LogP contribution in [-0.2, 0) is 10.3 Å². The molecule has 0 aliphatic rings. The first-order valence-corrected chi connectivity index (χ1v) is 7.71. The van der Waals surface area contributed by atoms with E-state index >= 15 is 0 Å². The molecule has 0 saturated carbocycles. The molecule has 1 rings (SSSR count).